The number of aromatic nitrogens is 1. The highest BCUT2D eigenvalue weighted by atomic mass is 35.5. The number of ether oxygens (including phenoxy) is 2. The highest BCUT2D eigenvalue weighted by Crippen LogP contribution is 2.27. The summed E-state index contributed by atoms with van der Waals surface area (Å²) in [4.78, 5) is 31.4. The van der Waals surface area contributed by atoms with Crippen LogP contribution in [0.2, 0.25) is 4.34 Å². The monoisotopic (exact) mass is 552 g/mol. The molecule has 36 heavy (non-hydrogen) atoms. The summed E-state index contributed by atoms with van der Waals surface area (Å²) in [6, 6.07) is 14.7. The second-order valence-electron chi connectivity index (χ2n) is 7.62. The molecular weight excluding hydrogens is 528 g/mol. The summed E-state index contributed by atoms with van der Waals surface area (Å²) in [5.41, 5.74) is 1.19. The third-order valence-corrected chi connectivity index (χ3v) is 6.74. The fourth-order valence-electron chi connectivity index (χ4n) is 3.38. The van der Waals surface area contributed by atoms with E-state index in [2.05, 4.69) is 4.98 Å². The Morgan fingerprint density at radius 1 is 1.11 bits per heavy atom. The Bertz CT molecular complexity index is 1310. The molecule has 1 heterocycles. The van der Waals surface area contributed by atoms with Crippen LogP contribution < -0.4 is 19.3 Å². The average molecular weight is 553 g/mol. The smallest absolute Gasteiger partial charge is 0.299 e. The number of nitrogens with one attached hydrogen (secondary N) is 1. The summed E-state index contributed by atoms with van der Waals surface area (Å²) in [7, 11) is -1.30. The van der Waals surface area contributed by atoms with Crippen molar-refractivity contribution < 1.29 is 27.5 Å². The highest BCUT2D eigenvalue weighted by molar-refractivity contribution is 7.87. The molecule has 0 radical (unpaired) electrons. The van der Waals surface area contributed by atoms with Gasteiger partial charge in [-0.05, 0) is 30.5 Å². The second kappa shape index (κ2) is 12.2. The molecule has 3 rings (SSSR count). The molecule has 192 valence electrons. The molecule has 0 spiro atoms. The zero-order chi connectivity index (χ0) is 26.3. The van der Waals surface area contributed by atoms with Crippen molar-refractivity contribution in [1.29, 1.82) is 0 Å². The van der Waals surface area contributed by atoms with Crippen LogP contribution in [0.15, 0.2) is 48.5 Å². The Morgan fingerprint density at radius 2 is 1.75 bits per heavy atom. The lowest BCUT2D eigenvalue weighted by Gasteiger charge is -2.22. The van der Waals surface area contributed by atoms with Gasteiger partial charge in [0.25, 0.3) is 22.0 Å². The van der Waals surface area contributed by atoms with Crippen LogP contribution in [0.4, 0.5) is 0 Å². The quantitative estimate of drug-likeness (QED) is 0.372. The van der Waals surface area contributed by atoms with Gasteiger partial charge in [-0.25, -0.2) is 14.8 Å². The first-order valence-corrected chi connectivity index (χ1v) is 13.4. The molecule has 1 aromatic heterocycles. The average Bonchev–Trinajstić information content (AvgIpc) is 3.22. The Balaban J connectivity index is 1.86. The number of halogens is 1. The SMILES string of the molecule is COc1cc(OC)cc(C(=O)N(CCCc2ccccc2)Cc2nc(C(=O)NS(N)(=O)=O)c(Cl)s2)c1. The standard InChI is InChI=1S/C23H25ClN4O6S2/c1-33-17-11-16(12-18(13-17)34-2)23(30)28(10-6-9-15-7-4-3-5-8-15)14-19-26-20(21(24)35-19)22(29)27-36(25,31)32/h3-5,7-8,11-13H,6,9-10,14H2,1-2H3,(H,27,29)(H2,25,31,32). The van der Waals surface area contributed by atoms with Crippen LogP contribution in [0, 0.1) is 0 Å². The predicted molar refractivity (Wildman–Crippen MR) is 137 cm³/mol. The Morgan fingerprint density at radius 3 is 2.33 bits per heavy atom. The summed E-state index contributed by atoms with van der Waals surface area (Å²) in [6.45, 7) is 0.420. The van der Waals surface area contributed by atoms with E-state index >= 15 is 0 Å². The molecule has 10 nitrogen and oxygen atoms in total. The Hall–Kier alpha value is -3.19. The van der Waals surface area contributed by atoms with E-state index in [4.69, 9.17) is 26.2 Å². The maximum absolute atomic E-state index is 13.5. The van der Waals surface area contributed by atoms with E-state index in [1.807, 2.05) is 30.3 Å². The number of hydrogen-bond donors (Lipinski definition) is 2. The van der Waals surface area contributed by atoms with Crippen molar-refractivity contribution in [3.05, 3.63) is 74.7 Å². The summed E-state index contributed by atoms with van der Waals surface area (Å²) in [5.74, 6) is -0.436. The zero-order valence-electron chi connectivity index (χ0n) is 19.6. The molecular formula is C23H25ClN4O6S2. The van der Waals surface area contributed by atoms with Gasteiger partial charge in [0.1, 0.15) is 20.8 Å². The lowest BCUT2D eigenvalue weighted by molar-refractivity contribution is 0.0740. The number of methoxy groups -OCH3 is 2. The number of thiazole rings is 1. The van der Waals surface area contributed by atoms with Gasteiger partial charge >= 0.3 is 0 Å². The van der Waals surface area contributed by atoms with Gasteiger partial charge in [-0.1, -0.05) is 41.9 Å². The summed E-state index contributed by atoms with van der Waals surface area (Å²) in [5, 5.41) is 5.21. The molecule has 0 bridgehead atoms. The molecule has 3 N–H and O–H groups in total. The van der Waals surface area contributed by atoms with Crippen molar-refractivity contribution in [2.75, 3.05) is 20.8 Å². The maximum atomic E-state index is 13.5. The van der Waals surface area contributed by atoms with E-state index in [1.165, 1.54) is 14.2 Å². The molecule has 0 atom stereocenters. The second-order valence-corrected chi connectivity index (χ2v) is 10.6. The predicted octanol–water partition coefficient (Wildman–Crippen LogP) is 3.02. The molecule has 3 aromatic rings. The lowest BCUT2D eigenvalue weighted by Crippen LogP contribution is -2.36. The van der Waals surface area contributed by atoms with Crippen molar-refractivity contribution in [3.63, 3.8) is 0 Å². The molecule has 0 aliphatic heterocycles. The van der Waals surface area contributed by atoms with Gasteiger partial charge < -0.3 is 14.4 Å². The normalized spacial score (nSPS) is 11.1. The lowest BCUT2D eigenvalue weighted by atomic mass is 10.1. The molecule has 0 fully saturated rings. The highest BCUT2D eigenvalue weighted by Gasteiger charge is 2.24. The van der Waals surface area contributed by atoms with Gasteiger partial charge in [0, 0.05) is 18.2 Å². The maximum Gasteiger partial charge on any atom is 0.299 e. The third kappa shape index (κ3) is 7.65. The molecule has 2 aromatic carbocycles. The van der Waals surface area contributed by atoms with Gasteiger partial charge in [0.2, 0.25) is 0 Å². The number of carbonyl (C=O) groups is 2. The van der Waals surface area contributed by atoms with E-state index in [0.29, 0.717) is 35.0 Å². The van der Waals surface area contributed by atoms with Crippen LogP contribution >= 0.6 is 22.9 Å². The number of hydrogen-bond acceptors (Lipinski definition) is 8. The van der Waals surface area contributed by atoms with Crippen molar-refractivity contribution in [3.8, 4) is 11.5 Å². The topological polar surface area (TPSA) is 141 Å². The zero-order valence-corrected chi connectivity index (χ0v) is 22.0. The summed E-state index contributed by atoms with van der Waals surface area (Å²) in [6.07, 6.45) is 1.40. The van der Waals surface area contributed by atoms with Crippen LogP contribution in [0.1, 0.15) is 37.8 Å². The van der Waals surface area contributed by atoms with Crippen LogP contribution in [-0.2, 0) is 23.2 Å². The first-order chi connectivity index (χ1) is 17.1. The van der Waals surface area contributed by atoms with Crippen molar-refractivity contribution in [1.82, 2.24) is 14.6 Å². The van der Waals surface area contributed by atoms with Crippen molar-refractivity contribution in [2.45, 2.75) is 19.4 Å². The van der Waals surface area contributed by atoms with Gasteiger partial charge in [-0.15, -0.1) is 11.3 Å². The van der Waals surface area contributed by atoms with Crippen LogP contribution in [-0.4, -0.2) is 50.9 Å². The van der Waals surface area contributed by atoms with Crippen LogP contribution in [0.5, 0.6) is 11.5 Å². The van der Waals surface area contributed by atoms with E-state index < -0.39 is 16.1 Å². The fraction of sp³-hybridized carbons (Fsp3) is 0.261. The minimum Gasteiger partial charge on any atom is -0.497 e. The first-order valence-electron chi connectivity index (χ1n) is 10.7. The van der Waals surface area contributed by atoms with Crippen molar-refractivity contribution in [2.24, 2.45) is 5.14 Å². The minimum atomic E-state index is -4.28. The molecule has 0 saturated heterocycles. The van der Waals surface area contributed by atoms with E-state index in [0.717, 1.165) is 23.3 Å². The van der Waals surface area contributed by atoms with E-state index in [1.54, 1.807) is 27.8 Å². The number of nitrogens with two attached hydrogens (primary N) is 1. The molecule has 0 saturated carbocycles. The van der Waals surface area contributed by atoms with E-state index in [-0.39, 0.29) is 22.5 Å². The number of carbonyl (C=O) groups excluding carboxylic acids is 2. The molecule has 0 aliphatic rings. The largest absolute Gasteiger partial charge is 0.497 e. The van der Waals surface area contributed by atoms with E-state index in [9.17, 15) is 18.0 Å². The van der Waals surface area contributed by atoms with Crippen LogP contribution in [0.3, 0.4) is 0 Å². The van der Waals surface area contributed by atoms with Gasteiger partial charge in [-0.2, -0.15) is 8.42 Å². The number of aryl methyl sites for hydroxylation is 1. The number of rotatable bonds is 11. The van der Waals surface area contributed by atoms with Gasteiger partial charge in [0.05, 0.1) is 20.8 Å². The minimum absolute atomic E-state index is 0.0223. The van der Waals surface area contributed by atoms with Gasteiger partial charge in [-0.3, -0.25) is 9.59 Å². The fourth-order valence-corrected chi connectivity index (χ4v) is 4.93. The first kappa shape index (κ1) is 27.4. The summed E-state index contributed by atoms with van der Waals surface area (Å²) >= 11 is 7.10. The number of nitrogens with zero attached hydrogens (tertiary/aromatic N) is 2. The Labute approximate surface area is 218 Å². The third-order valence-electron chi connectivity index (χ3n) is 5.03. The van der Waals surface area contributed by atoms with Crippen LogP contribution in [0.25, 0.3) is 0 Å². The van der Waals surface area contributed by atoms with Gasteiger partial charge in [0.15, 0.2) is 5.69 Å². The molecule has 2 amide bonds. The summed E-state index contributed by atoms with van der Waals surface area (Å²) < 4.78 is 34.6. The Kier molecular flexibility index (Phi) is 9.26. The molecule has 13 heteroatoms. The number of amides is 2. The van der Waals surface area contributed by atoms with Crippen molar-refractivity contribution >= 4 is 45.0 Å². The molecule has 0 aliphatic carbocycles. The number of benzene rings is 2. The molecule has 0 unspecified atom stereocenters.